The quantitative estimate of drug-likeness (QED) is 0.593. The number of hydrogen-bond donors (Lipinski definition) is 1. The van der Waals surface area contributed by atoms with Crippen LogP contribution in [0.3, 0.4) is 0 Å². The first-order valence-electron chi connectivity index (χ1n) is 5.29. The van der Waals surface area contributed by atoms with Crippen LogP contribution in [0.1, 0.15) is 0 Å². The van der Waals surface area contributed by atoms with Gasteiger partial charge in [-0.15, -0.1) is 0 Å². The molecule has 0 radical (unpaired) electrons. The average molecular weight is 398 g/mol. The van der Waals surface area contributed by atoms with Gasteiger partial charge in [0, 0.05) is 11.0 Å². The van der Waals surface area contributed by atoms with Crippen molar-refractivity contribution >= 4 is 26.0 Å². The maximum Gasteiger partial charge on any atom is 0.482 e. The van der Waals surface area contributed by atoms with Gasteiger partial charge < -0.3 is 4.74 Å². The van der Waals surface area contributed by atoms with Gasteiger partial charge in [0.25, 0.3) is 0 Å². The summed E-state index contributed by atoms with van der Waals surface area (Å²) >= 11 is 3.04. The Balaban J connectivity index is 2.57. The van der Waals surface area contributed by atoms with E-state index in [1.54, 1.807) is 6.07 Å². The van der Waals surface area contributed by atoms with Crippen LogP contribution in [0.4, 0.5) is 22.0 Å². The van der Waals surface area contributed by atoms with E-state index in [1.165, 1.54) is 18.2 Å². The van der Waals surface area contributed by atoms with Gasteiger partial charge in [0.2, 0.25) is 10.0 Å². The largest absolute Gasteiger partial charge is 0.482 e. The number of benzene rings is 1. The molecule has 0 aliphatic carbocycles. The van der Waals surface area contributed by atoms with Crippen LogP contribution < -0.4 is 4.72 Å². The predicted molar refractivity (Wildman–Crippen MR) is 66.3 cm³/mol. The monoisotopic (exact) mass is 397 g/mol. The minimum Gasteiger partial charge on any atom is -0.312 e. The fourth-order valence-corrected chi connectivity index (χ4v) is 2.76. The van der Waals surface area contributed by atoms with Crippen molar-refractivity contribution < 1.29 is 35.1 Å². The van der Waals surface area contributed by atoms with Gasteiger partial charge in [0.1, 0.15) is 0 Å². The first-order valence-corrected chi connectivity index (χ1v) is 7.57. The van der Waals surface area contributed by atoms with E-state index in [2.05, 4.69) is 20.7 Å². The molecule has 0 aromatic heterocycles. The van der Waals surface area contributed by atoms with E-state index in [-0.39, 0.29) is 4.90 Å². The molecule has 0 unspecified atom stereocenters. The van der Waals surface area contributed by atoms with Gasteiger partial charge in [-0.2, -0.15) is 22.0 Å². The van der Waals surface area contributed by atoms with Crippen molar-refractivity contribution in [1.29, 1.82) is 0 Å². The van der Waals surface area contributed by atoms with Crippen molar-refractivity contribution in [2.45, 2.75) is 17.2 Å². The molecule has 1 rings (SSSR count). The number of nitrogens with one attached hydrogen (secondary N) is 1. The summed E-state index contributed by atoms with van der Waals surface area (Å²) in [6.45, 7) is -1.87. The van der Waals surface area contributed by atoms with Gasteiger partial charge in [-0.25, -0.2) is 13.1 Å². The van der Waals surface area contributed by atoms with Gasteiger partial charge in [0.15, 0.2) is 0 Å². The van der Waals surface area contributed by atoms with E-state index in [0.717, 1.165) is 0 Å². The maximum atomic E-state index is 12.4. The lowest BCUT2D eigenvalue weighted by molar-refractivity contribution is -0.390. The van der Waals surface area contributed by atoms with Crippen molar-refractivity contribution in [2.75, 3.05) is 13.2 Å². The smallest absolute Gasteiger partial charge is 0.312 e. The summed E-state index contributed by atoms with van der Waals surface area (Å²) in [6, 6.07) is 5.46. The Bertz CT molecular complexity index is 591. The number of hydrogen-bond acceptors (Lipinski definition) is 3. The minimum absolute atomic E-state index is 0.167. The van der Waals surface area contributed by atoms with Crippen molar-refractivity contribution in [3.63, 3.8) is 0 Å². The molecule has 0 amide bonds. The minimum atomic E-state index is -5.85. The first-order chi connectivity index (χ1) is 9.46. The second kappa shape index (κ2) is 6.55. The third kappa shape index (κ3) is 5.16. The van der Waals surface area contributed by atoms with Crippen LogP contribution in [0.15, 0.2) is 33.6 Å². The van der Waals surface area contributed by atoms with Crippen LogP contribution in [0.2, 0.25) is 0 Å². The molecule has 120 valence electrons. The van der Waals surface area contributed by atoms with Crippen LogP contribution >= 0.6 is 15.9 Å². The summed E-state index contributed by atoms with van der Waals surface area (Å²) in [4.78, 5) is -0.167. The summed E-state index contributed by atoms with van der Waals surface area (Å²) in [6.07, 6.45) is -11.2. The Hall–Kier alpha value is -0.780. The first kappa shape index (κ1) is 18.3. The summed E-state index contributed by atoms with van der Waals surface area (Å²) in [7, 11) is -4.02. The molecule has 0 atom stereocenters. The van der Waals surface area contributed by atoms with Crippen molar-refractivity contribution in [3.05, 3.63) is 28.7 Å². The second-order valence-corrected chi connectivity index (χ2v) is 6.40. The molecule has 0 bridgehead atoms. The van der Waals surface area contributed by atoms with E-state index in [1.807, 2.05) is 4.72 Å². The van der Waals surface area contributed by atoms with Gasteiger partial charge >= 0.3 is 12.3 Å². The third-order valence-electron chi connectivity index (χ3n) is 2.11. The van der Waals surface area contributed by atoms with Gasteiger partial charge in [0.05, 0.1) is 11.5 Å². The molecular weight excluding hydrogens is 389 g/mol. The molecule has 0 heterocycles. The average Bonchev–Trinajstić information content (AvgIpc) is 2.33. The zero-order valence-electron chi connectivity index (χ0n) is 10.1. The van der Waals surface area contributed by atoms with E-state index in [0.29, 0.717) is 4.47 Å². The highest BCUT2D eigenvalue weighted by Crippen LogP contribution is 2.36. The van der Waals surface area contributed by atoms with Gasteiger partial charge in [-0.05, 0) is 18.2 Å². The van der Waals surface area contributed by atoms with E-state index >= 15 is 0 Å². The SMILES string of the molecule is O=S(=O)(NCCOC(F)(F)C(F)(F)F)c1cccc(Br)c1. The maximum absolute atomic E-state index is 12.4. The standard InChI is InChI=1S/C10H9BrF5NO3S/c11-7-2-1-3-8(6-7)21(18,19)17-4-5-20-10(15,16)9(12,13)14/h1-3,6,17H,4-5H2. The molecule has 0 aliphatic rings. The summed E-state index contributed by atoms with van der Waals surface area (Å²) < 4.78 is 89.2. The lowest BCUT2D eigenvalue weighted by atomic mass is 10.4. The van der Waals surface area contributed by atoms with E-state index in [4.69, 9.17) is 0 Å². The number of rotatable bonds is 6. The second-order valence-electron chi connectivity index (χ2n) is 3.72. The summed E-state index contributed by atoms with van der Waals surface area (Å²) in [5.74, 6) is 0. The normalized spacial score (nSPS) is 13.4. The fourth-order valence-electron chi connectivity index (χ4n) is 1.15. The Morgan fingerprint density at radius 1 is 1.19 bits per heavy atom. The molecule has 11 heteroatoms. The molecule has 4 nitrogen and oxygen atoms in total. The lowest BCUT2D eigenvalue weighted by Gasteiger charge is -2.19. The molecule has 1 N–H and O–H groups in total. The molecule has 1 aromatic rings. The molecule has 0 aliphatic heterocycles. The molecular formula is C10H9BrF5NO3S. The van der Waals surface area contributed by atoms with Crippen LogP contribution in [0.5, 0.6) is 0 Å². The van der Waals surface area contributed by atoms with E-state index in [9.17, 15) is 30.4 Å². The number of ether oxygens (including phenoxy) is 1. The number of sulfonamides is 1. The molecule has 21 heavy (non-hydrogen) atoms. The van der Waals surface area contributed by atoms with Crippen LogP contribution in [0.25, 0.3) is 0 Å². The molecule has 0 saturated carbocycles. The highest BCUT2D eigenvalue weighted by Gasteiger charge is 2.59. The zero-order valence-corrected chi connectivity index (χ0v) is 12.5. The fraction of sp³-hybridized carbons (Fsp3) is 0.400. The Morgan fingerprint density at radius 3 is 2.33 bits per heavy atom. The van der Waals surface area contributed by atoms with Crippen molar-refractivity contribution in [2.24, 2.45) is 0 Å². The van der Waals surface area contributed by atoms with Crippen molar-refractivity contribution in [1.82, 2.24) is 4.72 Å². The molecule has 1 aromatic carbocycles. The predicted octanol–water partition coefficient (Wildman–Crippen LogP) is 2.90. The summed E-state index contributed by atoms with van der Waals surface area (Å²) in [5.41, 5.74) is 0. The number of alkyl halides is 5. The Labute approximate surface area is 125 Å². The lowest BCUT2D eigenvalue weighted by Crippen LogP contribution is -2.41. The number of halogens is 6. The van der Waals surface area contributed by atoms with Crippen LogP contribution in [-0.4, -0.2) is 33.9 Å². The van der Waals surface area contributed by atoms with Crippen molar-refractivity contribution in [3.8, 4) is 0 Å². The van der Waals surface area contributed by atoms with Crippen LogP contribution in [-0.2, 0) is 14.8 Å². The zero-order chi connectivity index (χ0) is 16.3. The molecule has 0 spiro atoms. The van der Waals surface area contributed by atoms with Gasteiger partial charge in [-0.3, -0.25) is 0 Å². The van der Waals surface area contributed by atoms with E-state index < -0.39 is 35.5 Å². The molecule has 0 saturated heterocycles. The topological polar surface area (TPSA) is 55.4 Å². The third-order valence-corrected chi connectivity index (χ3v) is 4.07. The Kier molecular flexibility index (Phi) is 5.69. The van der Waals surface area contributed by atoms with Gasteiger partial charge in [-0.1, -0.05) is 22.0 Å². The highest BCUT2D eigenvalue weighted by molar-refractivity contribution is 9.10. The summed E-state index contributed by atoms with van der Waals surface area (Å²) in [5, 5.41) is 0. The Morgan fingerprint density at radius 2 is 1.81 bits per heavy atom. The highest BCUT2D eigenvalue weighted by atomic mass is 79.9. The molecule has 0 fully saturated rings. The van der Waals surface area contributed by atoms with Crippen LogP contribution in [0, 0.1) is 0 Å².